The molecule has 3 nitrogen and oxygen atoms in total. The highest BCUT2D eigenvalue weighted by molar-refractivity contribution is 5.83. The van der Waals surface area contributed by atoms with Crippen molar-refractivity contribution in [3.63, 3.8) is 0 Å². The van der Waals surface area contributed by atoms with Crippen molar-refractivity contribution in [2.24, 2.45) is 11.8 Å². The normalized spacial score (nSPS) is 12.9. The maximum Gasteiger partial charge on any atom is 0.307 e. The van der Waals surface area contributed by atoms with Crippen LogP contribution in [0.15, 0.2) is 0 Å². The van der Waals surface area contributed by atoms with Gasteiger partial charge in [0.1, 0.15) is 5.78 Å². The predicted octanol–water partition coefficient (Wildman–Crippen LogP) is 2.49. The summed E-state index contributed by atoms with van der Waals surface area (Å²) in [5.41, 5.74) is 0. The number of hydrogen-bond acceptors (Lipinski definition) is 2. The minimum absolute atomic E-state index is 0.0260. The lowest BCUT2D eigenvalue weighted by Gasteiger charge is -2.14. The molecule has 0 saturated carbocycles. The lowest BCUT2D eigenvalue weighted by Crippen LogP contribution is -2.22. The van der Waals surface area contributed by atoms with E-state index in [1.807, 2.05) is 20.8 Å². The van der Waals surface area contributed by atoms with Crippen molar-refractivity contribution in [1.82, 2.24) is 0 Å². The van der Waals surface area contributed by atoms with Gasteiger partial charge in [0.25, 0.3) is 0 Å². The molecule has 0 heterocycles. The Morgan fingerprint density at radius 2 is 1.86 bits per heavy atom. The van der Waals surface area contributed by atoms with Gasteiger partial charge in [0, 0.05) is 12.8 Å². The van der Waals surface area contributed by atoms with E-state index in [0.717, 1.165) is 12.8 Å². The first-order valence-corrected chi connectivity index (χ1v) is 5.23. The molecule has 0 aromatic carbocycles. The van der Waals surface area contributed by atoms with Crippen LogP contribution in [0.25, 0.3) is 0 Å². The second-order valence-electron chi connectivity index (χ2n) is 4.04. The van der Waals surface area contributed by atoms with Gasteiger partial charge >= 0.3 is 5.97 Å². The van der Waals surface area contributed by atoms with Crippen LogP contribution >= 0.6 is 0 Å². The Kier molecular flexibility index (Phi) is 6.17. The highest BCUT2D eigenvalue weighted by atomic mass is 16.4. The Morgan fingerprint density at radius 1 is 1.29 bits per heavy atom. The summed E-state index contributed by atoms with van der Waals surface area (Å²) in [6.45, 7) is 5.70. The summed E-state index contributed by atoms with van der Waals surface area (Å²) in [7, 11) is 0. The van der Waals surface area contributed by atoms with Crippen molar-refractivity contribution in [3.05, 3.63) is 0 Å². The monoisotopic (exact) mass is 200 g/mol. The zero-order valence-electron chi connectivity index (χ0n) is 9.25. The molecule has 0 fully saturated rings. The van der Waals surface area contributed by atoms with E-state index < -0.39 is 11.9 Å². The van der Waals surface area contributed by atoms with E-state index in [1.54, 1.807) is 0 Å². The third-order valence-corrected chi connectivity index (χ3v) is 2.38. The summed E-state index contributed by atoms with van der Waals surface area (Å²) in [5, 5.41) is 8.87. The van der Waals surface area contributed by atoms with Crippen LogP contribution < -0.4 is 0 Å². The van der Waals surface area contributed by atoms with Gasteiger partial charge in [-0.05, 0) is 12.3 Å². The van der Waals surface area contributed by atoms with E-state index in [2.05, 4.69) is 0 Å². The molecule has 1 N–H and O–H groups in total. The van der Waals surface area contributed by atoms with E-state index in [-0.39, 0.29) is 18.1 Å². The molecule has 0 radical (unpaired) electrons. The van der Waals surface area contributed by atoms with Crippen LogP contribution in [0, 0.1) is 11.8 Å². The number of carbonyl (C=O) groups excluding carboxylic acids is 1. The summed E-state index contributed by atoms with van der Waals surface area (Å²) in [5.74, 6) is -1.27. The van der Waals surface area contributed by atoms with Crippen LogP contribution in [0.2, 0.25) is 0 Å². The standard InChI is InChI=1S/C11H20O3/c1-4-5-6-9(12)7-10(8(2)3)11(13)14/h8,10H,4-7H2,1-3H3,(H,13,14). The summed E-state index contributed by atoms with van der Waals surface area (Å²) >= 11 is 0. The van der Waals surface area contributed by atoms with Gasteiger partial charge in [0.05, 0.1) is 5.92 Å². The van der Waals surface area contributed by atoms with Gasteiger partial charge in [-0.1, -0.05) is 27.2 Å². The number of rotatable bonds is 7. The van der Waals surface area contributed by atoms with Crippen molar-refractivity contribution >= 4 is 11.8 Å². The minimum Gasteiger partial charge on any atom is -0.481 e. The highest BCUT2D eigenvalue weighted by Gasteiger charge is 2.23. The van der Waals surface area contributed by atoms with E-state index in [1.165, 1.54) is 0 Å². The topological polar surface area (TPSA) is 54.4 Å². The van der Waals surface area contributed by atoms with Gasteiger partial charge in [-0.3, -0.25) is 9.59 Å². The van der Waals surface area contributed by atoms with Crippen LogP contribution in [0.4, 0.5) is 0 Å². The van der Waals surface area contributed by atoms with Crippen molar-refractivity contribution in [2.75, 3.05) is 0 Å². The molecular formula is C11H20O3. The summed E-state index contributed by atoms with van der Waals surface area (Å²) in [6, 6.07) is 0. The van der Waals surface area contributed by atoms with Crippen molar-refractivity contribution < 1.29 is 14.7 Å². The first kappa shape index (κ1) is 13.1. The molecule has 0 aliphatic rings. The first-order valence-electron chi connectivity index (χ1n) is 5.23. The predicted molar refractivity (Wildman–Crippen MR) is 55.1 cm³/mol. The van der Waals surface area contributed by atoms with Gasteiger partial charge in [0.2, 0.25) is 0 Å². The number of ketones is 1. The van der Waals surface area contributed by atoms with Crippen LogP contribution in [0.3, 0.4) is 0 Å². The molecule has 0 aromatic rings. The molecule has 0 rings (SSSR count). The SMILES string of the molecule is CCCCC(=O)CC(C(=O)O)C(C)C. The Labute approximate surface area is 85.5 Å². The fourth-order valence-electron chi connectivity index (χ4n) is 1.33. The van der Waals surface area contributed by atoms with E-state index in [9.17, 15) is 9.59 Å². The molecular weight excluding hydrogens is 180 g/mol. The number of hydrogen-bond donors (Lipinski definition) is 1. The second-order valence-corrected chi connectivity index (χ2v) is 4.04. The molecule has 82 valence electrons. The number of unbranched alkanes of at least 4 members (excludes halogenated alkanes) is 1. The van der Waals surface area contributed by atoms with E-state index in [4.69, 9.17) is 5.11 Å². The molecule has 0 amide bonds. The average molecular weight is 200 g/mol. The molecule has 0 spiro atoms. The zero-order valence-corrected chi connectivity index (χ0v) is 9.25. The van der Waals surface area contributed by atoms with Gasteiger partial charge in [-0.2, -0.15) is 0 Å². The Bertz CT molecular complexity index is 197. The van der Waals surface area contributed by atoms with Gasteiger partial charge in [-0.15, -0.1) is 0 Å². The number of Topliss-reactive ketones (excluding diaryl/α,β-unsaturated/α-hetero) is 1. The van der Waals surface area contributed by atoms with Crippen molar-refractivity contribution in [1.29, 1.82) is 0 Å². The molecule has 0 aliphatic carbocycles. The van der Waals surface area contributed by atoms with Gasteiger partial charge in [0.15, 0.2) is 0 Å². The molecule has 1 atom stereocenters. The number of carbonyl (C=O) groups is 2. The molecule has 0 aromatic heterocycles. The third kappa shape index (κ3) is 5.00. The van der Waals surface area contributed by atoms with Crippen molar-refractivity contribution in [2.45, 2.75) is 46.5 Å². The average Bonchev–Trinajstić information content (AvgIpc) is 2.09. The Morgan fingerprint density at radius 3 is 2.21 bits per heavy atom. The fourth-order valence-corrected chi connectivity index (χ4v) is 1.33. The van der Waals surface area contributed by atoms with Crippen LogP contribution in [-0.4, -0.2) is 16.9 Å². The van der Waals surface area contributed by atoms with Crippen molar-refractivity contribution in [3.8, 4) is 0 Å². The van der Waals surface area contributed by atoms with Gasteiger partial charge in [-0.25, -0.2) is 0 Å². The Balaban J connectivity index is 4.04. The summed E-state index contributed by atoms with van der Waals surface area (Å²) in [4.78, 5) is 22.2. The second kappa shape index (κ2) is 6.57. The van der Waals surface area contributed by atoms with Crippen LogP contribution in [0.1, 0.15) is 46.5 Å². The molecule has 0 aliphatic heterocycles. The quantitative estimate of drug-likeness (QED) is 0.687. The minimum atomic E-state index is -0.857. The fraction of sp³-hybridized carbons (Fsp3) is 0.818. The summed E-state index contributed by atoms with van der Waals surface area (Å²) < 4.78 is 0. The summed E-state index contributed by atoms with van der Waals surface area (Å²) in [6.07, 6.45) is 2.55. The number of carboxylic acids is 1. The molecule has 14 heavy (non-hydrogen) atoms. The lowest BCUT2D eigenvalue weighted by atomic mass is 9.90. The molecule has 0 saturated heterocycles. The molecule has 1 unspecified atom stereocenters. The number of carboxylic acid groups (broad SMARTS) is 1. The maximum absolute atomic E-state index is 11.4. The maximum atomic E-state index is 11.4. The van der Waals surface area contributed by atoms with E-state index >= 15 is 0 Å². The first-order chi connectivity index (χ1) is 6.49. The largest absolute Gasteiger partial charge is 0.481 e. The van der Waals surface area contributed by atoms with Gasteiger partial charge < -0.3 is 5.11 Å². The van der Waals surface area contributed by atoms with Crippen LogP contribution in [0.5, 0.6) is 0 Å². The molecule has 3 heteroatoms. The van der Waals surface area contributed by atoms with Crippen LogP contribution in [-0.2, 0) is 9.59 Å². The molecule has 0 bridgehead atoms. The lowest BCUT2D eigenvalue weighted by molar-refractivity contribution is -0.145. The number of aliphatic carboxylic acids is 1. The Hall–Kier alpha value is -0.860. The van der Waals surface area contributed by atoms with E-state index in [0.29, 0.717) is 6.42 Å². The third-order valence-electron chi connectivity index (χ3n) is 2.38. The highest BCUT2D eigenvalue weighted by Crippen LogP contribution is 2.17. The smallest absolute Gasteiger partial charge is 0.307 e. The zero-order chi connectivity index (χ0) is 11.1.